The topological polar surface area (TPSA) is 91.7 Å². The Kier molecular flexibility index (Phi) is 5.38. The third-order valence-electron chi connectivity index (χ3n) is 5.36. The van der Waals surface area contributed by atoms with Gasteiger partial charge in [-0.15, -0.1) is 0 Å². The second-order valence-electron chi connectivity index (χ2n) is 6.98. The molecule has 1 saturated heterocycles. The van der Waals surface area contributed by atoms with Gasteiger partial charge in [0, 0.05) is 45.3 Å². The summed E-state index contributed by atoms with van der Waals surface area (Å²) in [6.45, 7) is 2.01. The summed E-state index contributed by atoms with van der Waals surface area (Å²) < 4.78 is 27.6. The molecule has 26 heavy (non-hydrogen) atoms. The van der Waals surface area contributed by atoms with E-state index in [1.807, 2.05) is 4.90 Å². The standard InChI is InChI=1S/C17H26N4O4S/c1-18-26(24,25)14-11-15(19(2)12-14)17(23)21-9-7-20(8-10-21)16(22)13-5-3-4-6-13/h11-13,18H,3-10H2,1-2H3. The van der Waals surface area contributed by atoms with Gasteiger partial charge in [-0.2, -0.15) is 0 Å². The number of hydrogen-bond donors (Lipinski definition) is 1. The van der Waals surface area contributed by atoms with Crippen molar-refractivity contribution in [3.8, 4) is 0 Å². The molecule has 3 rings (SSSR count). The maximum Gasteiger partial charge on any atom is 0.270 e. The number of nitrogens with one attached hydrogen (secondary N) is 1. The number of nitrogens with zero attached hydrogens (tertiary/aromatic N) is 3. The van der Waals surface area contributed by atoms with Crippen LogP contribution in [0.3, 0.4) is 0 Å². The highest BCUT2D eigenvalue weighted by molar-refractivity contribution is 7.89. The van der Waals surface area contributed by atoms with Gasteiger partial charge in [0.25, 0.3) is 5.91 Å². The van der Waals surface area contributed by atoms with Crippen LogP contribution in [0.15, 0.2) is 17.2 Å². The number of carbonyl (C=O) groups is 2. The number of aromatic nitrogens is 1. The fourth-order valence-corrected chi connectivity index (χ4v) is 4.53. The summed E-state index contributed by atoms with van der Waals surface area (Å²) in [5, 5.41) is 0. The molecule has 2 fully saturated rings. The van der Waals surface area contributed by atoms with Crippen molar-refractivity contribution < 1.29 is 18.0 Å². The van der Waals surface area contributed by atoms with Crippen molar-refractivity contribution >= 4 is 21.8 Å². The van der Waals surface area contributed by atoms with E-state index in [-0.39, 0.29) is 22.6 Å². The third kappa shape index (κ3) is 3.64. The molecule has 1 aromatic heterocycles. The molecule has 8 nitrogen and oxygen atoms in total. The van der Waals surface area contributed by atoms with Crippen molar-refractivity contribution in [3.05, 3.63) is 18.0 Å². The zero-order chi connectivity index (χ0) is 18.9. The maximum absolute atomic E-state index is 12.8. The number of carbonyl (C=O) groups excluding carboxylic acids is 2. The molecule has 1 N–H and O–H groups in total. The Morgan fingerprint density at radius 1 is 1.08 bits per heavy atom. The van der Waals surface area contributed by atoms with Crippen LogP contribution in [0.4, 0.5) is 0 Å². The predicted molar refractivity (Wildman–Crippen MR) is 96.1 cm³/mol. The van der Waals surface area contributed by atoms with Gasteiger partial charge in [0.1, 0.15) is 10.6 Å². The second-order valence-corrected chi connectivity index (χ2v) is 8.86. The maximum atomic E-state index is 12.8. The van der Waals surface area contributed by atoms with Crippen molar-refractivity contribution in [2.45, 2.75) is 30.6 Å². The summed E-state index contributed by atoms with van der Waals surface area (Å²) in [6.07, 6.45) is 5.63. The summed E-state index contributed by atoms with van der Waals surface area (Å²) in [4.78, 5) is 28.9. The lowest BCUT2D eigenvalue weighted by Gasteiger charge is -2.36. The summed E-state index contributed by atoms with van der Waals surface area (Å²) in [5.41, 5.74) is 0.328. The van der Waals surface area contributed by atoms with E-state index >= 15 is 0 Å². The molecular weight excluding hydrogens is 356 g/mol. The van der Waals surface area contributed by atoms with E-state index in [1.54, 1.807) is 11.9 Å². The van der Waals surface area contributed by atoms with Crippen LogP contribution in [-0.2, 0) is 21.9 Å². The molecule has 1 aliphatic heterocycles. The molecular formula is C17H26N4O4S. The molecule has 0 aromatic carbocycles. The van der Waals surface area contributed by atoms with Crippen molar-refractivity contribution in [2.75, 3.05) is 33.2 Å². The Morgan fingerprint density at radius 3 is 2.23 bits per heavy atom. The molecule has 144 valence electrons. The van der Waals surface area contributed by atoms with Crippen LogP contribution < -0.4 is 4.72 Å². The fourth-order valence-electron chi connectivity index (χ4n) is 3.73. The summed E-state index contributed by atoms with van der Waals surface area (Å²) >= 11 is 0. The van der Waals surface area contributed by atoms with Crippen LogP contribution in [0.25, 0.3) is 0 Å². The Hall–Kier alpha value is -1.87. The van der Waals surface area contributed by atoms with Gasteiger partial charge in [-0.25, -0.2) is 13.1 Å². The molecule has 2 heterocycles. The van der Waals surface area contributed by atoms with Gasteiger partial charge in [-0.3, -0.25) is 9.59 Å². The fraction of sp³-hybridized carbons (Fsp3) is 0.647. The largest absolute Gasteiger partial charge is 0.345 e. The highest BCUT2D eigenvalue weighted by Gasteiger charge is 2.31. The van der Waals surface area contributed by atoms with Crippen LogP contribution in [0.2, 0.25) is 0 Å². The minimum absolute atomic E-state index is 0.0703. The van der Waals surface area contributed by atoms with E-state index in [1.165, 1.54) is 23.9 Å². The Labute approximate surface area is 154 Å². The minimum Gasteiger partial charge on any atom is -0.345 e. The molecule has 1 saturated carbocycles. The first-order chi connectivity index (χ1) is 12.3. The van der Waals surface area contributed by atoms with Crippen LogP contribution in [0.1, 0.15) is 36.2 Å². The van der Waals surface area contributed by atoms with E-state index in [0.29, 0.717) is 31.9 Å². The van der Waals surface area contributed by atoms with E-state index in [2.05, 4.69) is 4.72 Å². The first-order valence-corrected chi connectivity index (χ1v) is 10.5. The normalized spacial score (nSPS) is 19.2. The molecule has 9 heteroatoms. The van der Waals surface area contributed by atoms with Gasteiger partial charge in [-0.1, -0.05) is 12.8 Å². The molecule has 1 aliphatic carbocycles. The molecule has 0 spiro atoms. The molecule has 0 radical (unpaired) electrons. The van der Waals surface area contributed by atoms with Crippen molar-refractivity contribution in [1.29, 1.82) is 0 Å². The second kappa shape index (κ2) is 7.40. The zero-order valence-corrected chi connectivity index (χ0v) is 16.1. The Balaban J connectivity index is 1.64. The Morgan fingerprint density at radius 2 is 1.65 bits per heavy atom. The third-order valence-corrected chi connectivity index (χ3v) is 6.74. The number of rotatable bonds is 4. The first kappa shape index (κ1) is 18.9. The zero-order valence-electron chi connectivity index (χ0n) is 15.3. The van der Waals surface area contributed by atoms with Crippen molar-refractivity contribution in [1.82, 2.24) is 19.1 Å². The summed E-state index contributed by atoms with van der Waals surface area (Å²) in [7, 11) is -0.596. The van der Waals surface area contributed by atoms with E-state index in [4.69, 9.17) is 0 Å². The van der Waals surface area contributed by atoms with Crippen molar-refractivity contribution in [3.63, 3.8) is 0 Å². The molecule has 2 aliphatic rings. The SMILES string of the molecule is CNS(=O)(=O)c1cc(C(=O)N2CCN(C(=O)C3CCCC3)CC2)n(C)c1. The van der Waals surface area contributed by atoms with E-state index in [0.717, 1.165) is 25.7 Å². The number of aryl methyl sites for hydroxylation is 1. The lowest BCUT2D eigenvalue weighted by molar-refractivity contribution is -0.136. The van der Waals surface area contributed by atoms with Crippen molar-refractivity contribution in [2.24, 2.45) is 13.0 Å². The minimum atomic E-state index is -3.59. The summed E-state index contributed by atoms with van der Waals surface area (Å²) in [5.74, 6) is 0.160. The average molecular weight is 382 g/mol. The lowest BCUT2D eigenvalue weighted by Crippen LogP contribution is -2.52. The summed E-state index contributed by atoms with van der Waals surface area (Å²) in [6, 6.07) is 1.39. The predicted octanol–water partition coefficient (Wildman–Crippen LogP) is 0.408. The molecule has 0 unspecified atom stereocenters. The quantitative estimate of drug-likeness (QED) is 0.816. The van der Waals surface area contributed by atoms with Gasteiger partial charge in [0.05, 0.1) is 0 Å². The smallest absolute Gasteiger partial charge is 0.270 e. The average Bonchev–Trinajstić information content (AvgIpc) is 3.30. The van der Waals surface area contributed by atoms with Gasteiger partial charge >= 0.3 is 0 Å². The molecule has 0 bridgehead atoms. The van der Waals surface area contributed by atoms with Gasteiger partial charge in [-0.05, 0) is 26.0 Å². The number of piperazine rings is 1. The highest BCUT2D eigenvalue weighted by Crippen LogP contribution is 2.27. The Bertz CT molecular complexity index is 788. The van der Waals surface area contributed by atoms with Crippen LogP contribution in [-0.4, -0.2) is 67.8 Å². The molecule has 0 atom stereocenters. The van der Waals surface area contributed by atoms with Crippen LogP contribution >= 0.6 is 0 Å². The lowest BCUT2D eigenvalue weighted by atomic mass is 10.1. The number of hydrogen-bond acceptors (Lipinski definition) is 4. The number of amides is 2. The van der Waals surface area contributed by atoms with Gasteiger partial charge < -0.3 is 14.4 Å². The van der Waals surface area contributed by atoms with E-state index in [9.17, 15) is 18.0 Å². The van der Waals surface area contributed by atoms with E-state index < -0.39 is 10.0 Å². The number of sulfonamides is 1. The van der Waals surface area contributed by atoms with Crippen LogP contribution in [0.5, 0.6) is 0 Å². The van der Waals surface area contributed by atoms with Gasteiger partial charge in [0.15, 0.2) is 0 Å². The van der Waals surface area contributed by atoms with Gasteiger partial charge in [0.2, 0.25) is 15.9 Å². The molecule has 2 amide bonds. The highest BCUT2D eigenvalue weighted by atomic mass is 32.2. The molecule has 1 aromatic rings. The monoisotopic (exact) mass is 382 g/mol. The van der Waals surface area contributed by atoms with Crippen LogP contribution in [0, 0.1) is 5.92 Å². The first-order valence-electron chi connectivity index (χ1n) is 9.01.